The molecule has 6 nitrogen and oxygen atoms in total. The van der Waals surface area contributed by atoms with Crippen LogP contribution in [0.15, 0.2) is 6.20 Å². The van der Waals surface area contributed by atoms with Crippen LogP contribution >= 0.6 is 11.6 Å². The first-order valence-electron chi connectivity index (χ1n) is 5.04. The summed E-state index contributed by atoms with van der Waals surface area (Å²) in [6, 6.07) is 0. The molecular formula is C9H14ClN5O. The molecule has 0 fully saturated rings. The van der Waals surface area contributed by atoms with Gasteiger partial charge in [-0.3, -0.25) is 4.79 Å². The molecule has 1 aromatic rings. The van der Waals surface area contributed by atoms with Crippen molar-refractivity contribution < 1.29 is 4.79 Å². The summed E-state index contributed by atoms with van der Waals surface area (Å²) in [7, 11) is 0. The Kier molecular flexibility index (Phi) is 4.91. The summed E-state index contributed by atoms with van der Waals surface area (Å²) in [4.78, 5) is 17.2. The van der Waals surface area contributed by atoms with Crippen LogP contribution in [0.1, 0.15) is 13.8 Å². The molecule has 1 heterocycles. The highest BCUT2D eigenvalue weighted by Crippen LogP contribution is 2.09. The van der Waals surface area contributed by atoms with Crippen molar-refractivity contribution in [3.8, 4) is 0 Å². The zero-order valence-electron chi connectivity index (χ0n) is 9.27. The third kappa shape index (κ3) is 3.62. The van der Waals surface area contributed by atoms with Gasteiger partial charge in [0.1, 0.15) is 0 Å². The molecule has 0 spiro atoms. The number of aromatic nitrogens is 3. The first kappa shape index (κ1) is 12.6. The predicted octanol–water partition coefficient (Wildman–Crippen LogP) is 0.487. The van der Waals surface area contributed by atoms with Crippen LogP contribution in [-0.2, 0) is 4.79 Å². The number of halogens is 1. The molecule has 0 aliphatic rings. The molecule has 7 heteroatoms. The Morgan fingerprint density at radius 1 is 1.56 bits per heavy atom. The molecule has 0 aliphatic carbocycles. The van der Waals surface area contributed by atoms with E-state index in [1.165, 1.54) is 6.20 Å². The normalized spacial score (nSPS) is 9.94. The van der Waals surface area contributed by atoms with E-state index >= 15 is 0 Å². The summed E-state index contributed by atoms with van der Waals surface area (Å²) in [6.45, 7) is 5.29. The standard InChI is InChI=1S/C9H14ClN5O/c1-3-11-8(16)6-15(4-2)7-5-12-14-9(10)13-7/h5H,3-4,6H2,1-2H3,(H,11,16). The largest absolute Gasteiger partial charge is 0.355 e. The van der Waals surface area contributed by atoms with Crippen LogP contribution in [0, 0.1) is 0 Å². The molecule has 1 rings (SSSR count). The quantitative estimate of drug-likeness (QED) is 0.815. The first-order valence-corrected chi connectivity index (χ1v) is 5.42. The second-order valence-corrected chi connectivity index (χ2v) is 3.39. The SMILES string of the molecule is CCNC(=O)CN(CC)c1cnnc(Cl)n1. The Labute approximate surface area is 99.0 Å². The number of hydrogen-bond donors (Lipinski definition) is 1. The third-order valence-corrected chi connectivity index (χ3v) is 2.09. The number of rotatable bonds is 5. The topological polar surface area (TPSA) is 71.0 Å². The van der Waals surface area contributed by atoms with Gasteiger partial charge in [-0.15, -0.1) is 5.10 Å². The third-order valence-electron chi connectivity index (χ3n) is 1.93. The number of carbonyl (C=O) groups excluding carboxylic acids is 1. The zero-order valence-corrected chi connectivity index (χ0v) is 10.0. The van der Waals surface area contributed by atoms with E-state index in [1.54, 1.807) is 4.90 Å². The second kappa shape index (κ2) is 6.22. The summed E-state index contributed by atoms with van der Waals surface area (Å²) in [5.41, 5.74) is 0. The number of likely N-dealkylation sites (N-methyl/N-ethyl adjacent to an activating group) is 2. The van der Waals surface area contributed by atoms with Crippen molar-refractivity contribution in [1.29, 1.82) is 0 Å². The lowest BCUT2D eigenvalue weighted by Crippen LogP contribution is -2.37. The molecule has 0 aliphatic heterocycles. The van der Waals surface area contributed by atoms with E-state index in [-0.39, 0.29) is 17.7 Å². The molecule has 0 radical (unpaired) electrons. The highest BCUT2D eigenvalue weighted by molar-refractivity contribution is 6.28. The number of nitrogens with one attached hydrogen (secondary N) is 1. The van der Waals surface area contributed by atoms with Crippen LogP contribution < -0.4 is 10.2 Å². The van der Waals surface area contributed by atoms with Gasteiger partial charge >= 0.3 is 0 Å². The van der Waals surface area contributed by atoms with Gasteiger partial charge in [-0.2, -0.15) is 10.1 Å². The smallest absolute Gasteiger partial charge is 0.244 e. The molecule has 0 unspecified atom stereocenters. The molecule has 88 valence electrons. The number of nitrogens with zero attached hydrogens (tertiary/aromatic N) is 4. The Bertz CT molecular complexity index is 360. The van der Waals surface area contributed by atoms with Gasteiger partial charge in [-0.1, -0.05) is 0 Å². The Morgan fingerprint density at radius 2 is 2.31 bits per heavy atom. The van der Waals surface area contributed by atoms with Gasteiger partial charge in [0.25, 0.3) is 0 Å². The zero-order chi connectivity index (χ0) is 12.0. The Balaban J connectivity index is 2.70. The van der Waals surface area contributed by atoms with E-state index in [9.17, 15) is 4.79 Å². The number of anilines is 1. The van der Waals surface area contributed by atoms with Gasteiger partial charge in [0.15, 0.2) is 5.82 Å². The van der Waals surface area contributed by atoms with Crippen molar-refractivity contribution in [2.24, 2.45) is 0 Å². The molecule has 1 aromatic heterocycles. The van der Waals surface area contributed by atoms with E-state index in [0.717, 1.165) is 0 Å². The lowest BCUT2D eigenvalue weighted by molar-refractivity contribution is -0.119. The van der Waals surface area contributed by atoms with Gasteiger partial charge in [-0.25, -0.2) is 0 Å². The lowest BCUT2D eigenvalue weighted by Gasteiger charge is -2.20. The van der Waals surface area contributed by atoms with Crippen LogP contribution in [0.5, 0.6) is 0 Å². The van der Waals surface area contributed by atoms with E-state index in [2.05, 4.69) is 20.5 Å². The van der Waals surface area contributed by atoms with E-state index in [1.807, 2.05) is 13.8 Å². The molecular weight excluding hydrogens is 230 g/mol. The monoisotopic (exact) mass is 243 g/mol. The molecule has 0 aromatic carbocycles. The molecule has 16 heavy (non-hydrogen) atoms. The van der Waals surface area contributed by atoms with Crippen molar-refractivity contribution in [2.45, 2.75) is 13.8 Å². The maximum atomic E-state index is 11.4. The maximum absolute atomic E-state index is 11.4. The highest BCUT2D eigenvalue weighted by atomic mass is 35.5. The van der Waals surface area contributed by atoms with Crippen LogP contribution in [0.2, 0.25) is 5.28 Å². The molecule has 0 saturated carbocycles. The molecule has 0 atom stereocenters. The van der Waals surface area contributed by atoms with Crippen molar-refractivity contribution in [2.75, 3.05) is 24.5 Å². The minimum atomic E-state index is -0.0564. The van der Waals surface area contributed by atoms with Crippen molar-refractivity contribution >= 4 is 23.3 Å². The molecule has 0 bridgehead atoms. The fourth-order valence-electron chi connectivity index (χ4n) is 1.21. The van der Waals surface area contributed by atoms with Crippen molar-refractivity contribution in [3.05, 3.63) is 11.5 Å². The van der Waals surface area contributed by atoms with Crippen LogP contribution in [0.25, 0.3) is 0 Å². The summed E-state index contributed by atoms with van der Waals surface area (Å²) >= 11 is 5.63. The summed E-state index contributed by atoms with van der Waals surface area (Å²) in [5.74, 6) is 0.493. The molecule has 1 amide bonds. The van der Waals surface area contributed by atoms with Gasteiger partial charge in [-0.05, 0) is 25.4 Å². The summed E-state index contributed by atoms with van der Waals surface area (Å²) < 4.78 is 0. The van der Waals surface area contributed by atoms with Crippen LogP contribution in [0.4, 0.5) is 5.82 Å². The Morgan fingerprint density at radius 3 is 2.88 bits per heavy atom. The van der Waals surface area contributed by atoms with Crippen molar-refractivity contribution in [1.82, 2.24) is 20.5 Å². The summed E-state index contributed by atoms with van der Waals surface area (Å²) in [6.07, 6.45) is 1.48. The minimum absolute atomic E-state index is 0.0564. The summed E-state index contributed by atoms with van der Waals surface area (Å²) in [5, 5.41) is 10.0. The second-order valence-electron chi connectivity index (χ2n) is 3.05. The van der Waals surface area contributed by atoms with Gasteiger partial charge in [0.05, 0.1) is 12.7 Å². The fraction of sp³-hybridized carbons (Fsp3) is 0.556. The average Bonchev–Trinajstić information content (AvgIpc) is 2.26. The number of hydrogen-bond acceptors (Lipinski definition) is 5. The van der Waals surface area contributed by atoms with Gasteiger partial charge in [0.2, 0.25) is 11.2 Å². The lowest BCUT2D eigenvalue weighted by atomic mass is 10.4. The van der Waals surface area contributed by atoms with E-state index < -0.39 is 0 Å². The van der Waals surface area contributed by atoms with Crippen LogP contribution in [0.3, 0.4) is 0 Å². The molecule has 0 saturated heterocycles. The maximum Gasteiger partial charge on any atom is 0.244 e. The van der Waals surface area contributed by atoms with Crippen molar-refractivity contribution in [3.63, 3.8) is 0 Å². The average molecular weight is 244 g/mol. The fourth-order valence-corrected chi connectivity index (χ4v) is 1.34. The van der Waals surface area contributed by atoms with E-state index in [4.69, 9.17) is 11.6 Å². The highest BCUT2D eigenvalue weighted by Gasteiger charge is 2.11. The first-order chi connectivity index (χ1) is 7.67. The minimum Gasteiger partial charge on any atom is -0.355 e. The number of amides is 1. The molecule has 1 N–H and O–H groups in total. The predicted molar refractivity (Wildman–Crippen MR) is 61.4 cm³/mol. The Hall–Kier alpha value is -1.43. The number of carbonyl (C=O) groups is 1. The van der Waals surface area contributed by atoms with Gasteiger partial charge < -0.3 is 10.2 Å². The van der Waals surface area contributed by atoms with Crippen LogP contribution in [-0.4, -0.2) is 40.7 Å². The van der Waals surface area contributed by atoms with Gasteiger partial charge in [0, 0.05) is 13.1 Å². The van der Waals surface area contributed by atoms with E-state index in [0.29, 0.717) is 18.9 Å².